The highest BCUT2D eigenvalue weighted by molar-refractivity contribution is 5.86. The van der Waals surface area contributed by atoms with Gasteiger partial charge in [0.1, 0.15) is 0 Å². The van der Waals surface area contributed by atoms with Crippen molar-refractivity contribution in [1.82, 2.24) is 10.3 Å². The smallest absolute Gasteiger partial charge is 0.161 e. The van der Waals surface area contributed by atoms with E-state index in [1.807, 2.05) is 12.1 Å². The summed E-state index contributed by atoms with van der Waals surface area (Å²) in [6.45, 7) is 3.90. The molecule has 0 radical (unpaired) electrons. The summed E-state index contributed by atoms with van der Waals surface area (Å²) in [6, 6.07) is 12.4. The Kier molecular flexibility index (Phi) is 5.06. The fourth-order valence-electron chi connectivity index (χ4n) is 3.09. The standard InChI is InChI=1S/C20H24N2O2/c1-14-5-4-6-17-20(14)16(13-22-17)9-10-21-12-15-7-8-18(23-2)19(11-15)24-3/h4-8,11,13,21-22H,9-10,12H2,1-3H3. The van der Waals surface area contributed by atoms with Gasteiger partial charge in [-0.1, -0.05) is 18.2 Å². The first-order valence-corrected chi connectivity index (χ1v) is 8.20. The van der Waals surface area contributed by atoms with Gasteiger partial charge in [-0.3, -0.25) is 0 Å². The molecule has 0 bridgehead atoms. The highest BCUT2D eigenvalue weighted by atomic mass is 16.5. The molecule has 24 heavy (non-hydrogen) atoms. The van der Waals surface area contributed by atoms with Crippen LogP contribution in [0, 0.1) is 6.92 Å². The quantitative estimate of drug-likeness (QED) is 0.649. The van der Waals surface area contributed by atoms with Gasteiger partial charge in [-0.25, -0.2) is 0 Å². The van der Waals surface area contributed by atoms with Gasteiger partial charge in [-0.05, 0) is 54.8 Å². The zero-order valence-corrected chi connectivity index (χ0v) is 14.5. The molecule has 1 aromatic heterocycles. The summed E-state index contributed by atoms with van der Waals surface area (Å²) < 4.78 is 10.6. The Balaban J connectivity index is 1.59. The van der Waals surface area contributed by atoms with E-state index in [0.717, 1.165) is 31.0 Å². The van der Waals surface area contributed by atoms with Crippen LogP contribution in [0.4, 0.5) is 0 Å². The van der Waals surface area contributed by atoms with Crippen molar-refractivity contribution in [2.24, 2.45) is 0 Å². The van der Waals surface area contributed by atoms with Crippen LogP contribution in [0.15, 0.2) is 42.6 Å². The summed E-state index contributed by atoms with van der Waals surface area (Å²) in [6.07, 6.45) is 3.12. The van der Waals surface area contributed by atoms with E-state index < -0.39 is 0 Å². The Morgan fingerprint density at radius 2 is 1.88 bits per heavy atom. The molecule has 1 heterocycles. The molecule has 0 saturated carbocycles. The monoisotopic (exact) mass is 324 g/mol. The molecule has 0 spiro atoms. The van der Waals surface area contributed by atoms with E-state index in [9.17, 15) is 0 Å². The minimum absolute atomic E-state index is 0.760. The van der Waals surface area contributed by atoms with E-state index in [-0.39, 0.29) is 0 Å². The van der Waals surface area contributed by atoms with Gasteiger partial charge in [0.2, 0.25) is 0 Å². The number of ether oxygens (including phenoxy) is 2. The summed E-state index contributed by atoms with van der Waals surface area (Å²) in [5.74, 6) is 1.53. The van der Waals surface area contributed by atoms with E-state index in [1.54, 1.807) is 14.2 Å². The van der Waals surface area contributed by atoms with Gasteiger partial charge in [-0.15, -0.1) is 0 Å². The Bertz CT molecular complexity index is 824. The third-order valence-electron chi connectivity index (χ3n) is 4.34. The number of methoxy groups -OCH3 is 2. The van der Waals surface area contributed by atoms with Crippen LogP contribution in [0.25, 0.3) is 10.9 Å². The van der Waals surface area contributed by atoms with Gasteiger partial charge < -0.3 is 19.8 Å². The largest absolute Gasteiger partial charge is 0.493 e. The normalized spacial score (nSPS) is 11.0. The topological polar surface area (TPSA) is 46.3 Å². The van der Waals surface area contributed by atoms with Crippen LogP contribution < -0.4 is 14.8 Å². The molecule has 0 saturated heterocycles. The first kappa shape index (κ1) is 16.4. The molecule has 4 nitrogen and oxygen atoms in total. The Labute approximate surface area is 142 Å². The zero-order chi connectivity index (χ0) is 16.9. The van der Waals surface area contributed by atoms with Crippen molar-refractivity contribution in [3.05, 3.63) is 59.3 Å². The Morgan fingerprint density at radius 3 is 2.67 bits per heavy atom. The third kappa shape index (κ3) is 3.39. The number of aromatic amines is 1. The number of nitrogens with one attached hydrogen (secondary N) is 2. The SMILES string of the molecule is COc1ccc(CNCCc2c[nH]c3cccc(C)c23)cc1OC. The molecule has 0 aliphatic heterocycles. The molecule has 0 unspecified atom stereocenters. The summed E-state index contributed by atoms with van der Waals surface area (Å²) in [4.78, 5) is 3.36. The van der Waals surface area contributed by atoms with E-state index in [4.69, 9.17) is 9.47 Å². The number of rotatable bonds is 7. The van der Waals surface area contributed by atoms with Crippen LogP contribution in [0.5, 0.6) is 11.5 Å². The van der Waals surface area contributed by atoms with Crippen molar-refractivity contribution >= 4 is 10.9 Å². The fourth-order valence-corrected chi connectivity index (χ4v) is 3.09. The molecule has 4 heteroatoms. The molecular formula is C20H24N2O2. The molecule has 2 N–H and O–H groups in total. The maximum atomic E-state index is 5.35. The number of hydrogen-bond donors (Lipinski definition) is 2. The second-order valence-corrected chi connectivity index (χ2v) is 5.93. The van der Waals surface area contributed by atoms with E-state index in [0.29, 0.717) is 0 Å². The molecule has 0 atom stereocenters. The third-order valence-corrected chi connectivity index (χ3v) is 4.34. The molecule has 3 rings (SSSR count). The van der Waals surface area contributed by atoms with Crippen molar-refractivity contribution in [2.75, 3.05) is 20.8 Å². The molecule has 3 aromatic rings. The average Bonchev–Trinajstić information content (AvgIpc) is 3.03. The zero-order valence-electron chi connectivity index (χ0n) is 14.5. The number of benzene rings is 2. The van der Waals surface area contributed by atoms with E-state index in [1.165, 1.54) is 27.6 Å². The van der Waals surface area contributed by atoms with Crippen molar-refractivity contribution in [3.8, 4) is 11.5 Å². The second kappa shape index (κ2) is 7.41. The summed E-state index contributed by atoms with van der Waals surface area (Å²) in [7, 11) is 3.31. The number of fused-ring (bicyclic) bond motifs is 1. The van der Waals surface area contributed by atoms with Gasteiger partial charge in [-0.2, -0.15) is 0 Å². The molecule has 0 aliphatic rings. The molecule has 2 aromatic carbocycles. The second-order valence-electron chi connectivity index (χ2n) is 5.93. The molecule has 0 fully saturated rings. The first-order chi connectivity index (χ1) is 11.7. The Morgan fingerprint density at radius 1 is 1.04 bits per heavy atom. The lowest BCUT2D eigenvalue weighted by Gasteiger charge is -2.10. The minimum atomic E-state index is 0.760. The molecular weight excluding hydrogens is 300 g/mol. The summed E-state index contributed by atoms with van der Waals surface area (Å²) in [5, 5.41) is 4.85. The maximum Gasteiger partial charge on any atom is 0.161 e. The lowest BCUT2D eigenvalue weighted by atomic mass is 10.1. The van der Waals surface area contributed by atoms with Gasteiger partial charge in [0.25, 0.3) is 0 Å². The van der Waals surface area contributed by atoms with Crippen molar-refractivity contribution in [1.29, 1.82) is 0 Å². The van der Waals surface area contributed by atoms with Gasteiger partial charge in [0.05, 0.1) is 14.2 Å². The van der Waals surface area contributed by atoms with Gasteiger partial charge in [0.15, 0.2) is 11.5 Å². The lowest BCUT2D eigenvalue weighted by Crippen LogP contribution is -2.16. The average molecular weight is 324 g/mol. The van der Waals surface area contributed by atoms with Gasteiger partial charge >= 0.3 is 0 Å². The number of H-pyrrole nitrogens is 1. The van der Waals surface area contributed by atoms with Crippen LogP contribution in [0.1, 0.15) is 16.7 Å². The number of hydrogen-bond acceptors (Lipinski definition) is 3. The molecule has 0 aliphatic carbocycles. The maximum absolute atomic E-state index is 5.35. The predicted molar refractivity (Wildman–Crippen MR) is 98.0 cm³/mol. The number of aromatic nitrogens is 1. The number of aryl methyl sites for hydroxylation is 1. The van der Waals surface area contributed by atoms with Crippen LogP contribution in [0.3, 0.4) is 0 Å². The van der Waals surface area contributed by atoms with Crippen molar-refractivity contribution in [2.45, 2.75) is 19.9 Å². The predicted octanol–water partition coefficient (Wildman–Crippen LogP) is 3.83. The van der Waals surface area contributed by atoms with Crippen LogP contribution in [-0.4, -0.2) is 25.7 Å². The van der Waals surface area contributed by atoms with Gasteiger partial charge in [0, 0.05) is 23.6 Å². The highest BCUT2D eigenvalue weighted by Gasteiger charge is 2.07. The summed E-state index contributed by atoms with van der Waals surface area (Å²) in [5.41, 5.74) is 5.08. The van der Waals surface area contributed by atoms with E-state index in [2.05, 4.69) is 47.7 Å². The first-order valence-electron chi connectivity index (χ1n) is 8.20. The fraction of sp³-hybridized carbons (Fsp3) is 0.300. The van der Waals surface area contributed by atoms with Crippen LogP contribution >= 0.6 is 0 Å². The Hall–Kier alpha value is -2.46. The lowest BCUT2D eigenvalue weighted by molar-refractivity contribution is 0.354. The molecule has 0 amide bonds. The van der Waals surface area contributed by atoms with Crippen LogP contribution in [-0.2, 0) is 13.0 Å². The highest BCUT2D eigenvalue weighted by Crippen LogP contribution is 2.27. The van der Waals surface area contributed by atoms with E-state index >= 15 is 0 Å². The molecule has 126 valence electrons. The van der Waals surface area contributed by atoms with Crippen molar-refractivity contribution < 1.29 is 9.47 Å². The summed E-state index contributed by atoms with van der Waals surface area (Å²) >= 11 is 0. The van der Waals surface area contributed by atoms with Crippen molar-refractivity contribution in [3.63, 3.8) is 0 Å². The minimum Gasteiger partial charge on any atom is -0.493 e. The van der Waals surface area contributed by atoms with Crippen LogP contribution in [0.2, 0.25) is 0 Å².